The molecule has 178 valence electrons. The Bertz CT molecular complexity index is 1230. The van der Waals surface area contributed by atoms with Crippen molar-refractivity contribution < 1.29 is 18.3 Å². The fourth-order valence-corrected chi connectivity index (χ4v) is 5.00. The number of fused-ring (bicyclic) bond motifs is 3. The minimum Gasteiger partial charge on any atom is -0.493 e. The second kappa shape index (κ2) is 9.97. The van der Waals surface area contributed by atoms with Crippen molar-refractivity contribution in [2.75, 3.05) is 26.2 Å². The van der Waals surface area contributed by atoms with Crippen LogP contribution in [-0.2, 0) is 12.8 Å². The highest BCUT2D eigenvalue weighted by Crippen LogP contribution is 2.29. The number of carbonyl (C=O) groups excluding carboxylic acids is 1. The third-order valence-electron chi connectivity index (χ3n) is 6.86. The van der Waals surface area contributed by atoms with E-state index in [9.17, 15) is 14.0 Å². The molecule has 2 aliphatic rings. The van der Waals surface area contributed by atoms with E-state index >= 15 is 0 Å². The van der Waals surface area contributed by atoms with Crippen LogP contribution >= 0.6 is 0 Å². The summed E-state index contributed by atoms with van der Waals surface area (Å²) in [5.41, 5.74) is 2.84. The van der Waals surface area contributed by atoms with Crippen molar-refractivity contribution in [1.29, 1.82) is 0 Å². The van der Waals surface area contributed by atoms with Gasteiger partial charge in [-0.05, 0) is 80.5 Å². The number of hydrogen-bond donors (Lipinski definition) is 1. The van der Waals surface area contributed by atoms with Crippen LogP contribution in [0.4, 0.5) is 4.39 Å². The first-order valence-electron chi connectivity index (χ1n) is 12.1. The van der Waals surface area contributed by atoms with Crippen LogP contribution < -0.4 is 15.7 Å². The van der Waals surface area contributed by atoms with E-state index < -0.39 is 0 Å². The summed E-state index contributed by atoms with van der Waals surface area (Å²) in [6.07, 6.45) is 5.42. The van der Waals surface area contributed by atoms with Crippen LogP contribution in [0.1, 0.15) is 47.2 Å². The lowest BCUT2D eigenvalue weighted by atomic mass is 10.0. The average molecular weight is 465 g/mol. The van der Waals surface area contributed by atoms with E-state index in [1.807, 2.05) is 18.2 Å². The number of amides is 1. The summed E-state index contributed by atoms with van der Waals surface area (Å²) >= 11 is 0. The maximum Gasteiger partial charge on any atom is 0.339 e. The number of ether oxygens (including phenoxy) is 1. The molecular formula is C27H29FN2O4. The zero-order valence-corrected chi connectivity index (χ0v) is 19.1. The highest BCUT2D eigenvalue weighted by molar-refractivity contribution is 5.94. The summed E-state index contributed by atoms with van der Waals surface area (Å²) in [7, 11) is 0. The Balaban J connectivity index is 1.05. The summed E-state index contributed by atoms with van der Waals surface area (Å²) < 4.78 is 24.5. The molecule has 2 heterocycles. The predicted octanol–water partition coefficient (Wildman–Crippen LogP) is 4.08. The first kappa shape index (κ1) is 22.6. The molecule has 1 N–H and O–H groups in total. The molecule has 7 heteroatoms. The lowest BCUT2D eigenvalue weighted by Crippen LogP contribution is -2.45. The molecule has 1 amide bonds. The minimum absolute atomic E-state index is 0.138. The summed E-state index contributed by atoms with van der Waals surface area (Å²) in [6, 6.07) is 11.5. The summed E-state index contributed by atoms with van der Waals surface area (Å²) in [6.45, 7) is 3.35. The van der Waals surface area contributed by atoms with Crippen LogP contribution in [0.3, 0.4) is 0 Å². The third-order valence-corrected chi connectivity index (χ3v) is 6.86. The van der Waals surface area contributed by atoms with Gasteiger partial charge in [0.05, 0.1) is 6.61 Å². The van der Waals surface area contributed by atoms with E-state index in [-0.39, 0.29) is 23.4 Å². The van der Waals surface area contributed by atoms with Crippen molar-refractivity contribution in [3.8, 4) is 5.75 Å². The maximum absolute atomic E-state index is 13.0. The average Bonchev–Trinajstić information content (AvgIpc) is 3.34. The molecule has 6 nitrogen and oxygen atoms in total. The van der Waals surface area contributed by atoms with E-state index in [0.29, 0.717) is 17.8 Å². The van der Waals surface area contributed by atoms with Gasteiger partial charge in [0.15, 0.2) is 0 Å². The quantitative estimate of drug-likeness (QED) is 0.421. The van der Waals surface area contributed by atoms with E-state index in [2.05, 4.69) is 10.2 Å². The SMILES string of the molecule is O=C(NC1CCN(CCCOc2ccc3c4c(c(=O)oc3c2)CCC4)CC1)c1ccc(F)cc1. The van der Waals surface area contributed by atoms with Gasteiger partial charge in [-0.2, -0.15) is 0 Å². The Kier molecular flexibility index (Phi) is 6.63. The molecule has 0 unspecified atom stereocenters. The Hall–Kier alpha value is -3.19. The summed E-state index contributed by atoms with van der Waals surface area (Å²) in [4.78, 5) is 26.9. The Labute approximate surface area is 197 Å². The molecule has 3 aromatic rings. The van der Waals surface area contributed by atoms with Gasteiger partial charge < -0.3 is 19.4 Å². The second-order valence-corrected chi connectivity index (χ2v) is 9.16. The Morgan fingerprint density at radius 1 is 1.09 bits per heavy atom. The predicted molar refractivity (Wildman–Crippen MR) is 128 cm³/mol. The van der Waals surface area contributed by atoms with Gasteiger partial charge in [-0.15, -0.1) is 0 Å². The molecular weight excluding hydrogens is 435 g/mol. The zero-order valence-electron chi connectivity index (χ0n) is 19.1. The van der Waals surface area contributed by atoms with Gasteiger partial charge in [-0.25, -0.2) is 9.18 Å². The van der Waals surface area contributed by atoms with Crippen LogP contribution in [0.25, 0.3) is 11.0 Å². The number of nitrogens with zero attached hydrogens (tertiary/aromatic N) is 1. The van der Waals surface area contributed by atoms with Gasteiger partial charge in [0, 0.05) is 48.3 Å². The van der Waals surface area contributed by atoms with Gasteiger partial charge >= 0.3 is 5.63 Å². The molecule has 5 rings (SSSR count). The topological polar surface area (TPSA) is 71.8 Å². The van der Waals surface area contributed by atoms with Gasteiger partial charge in [-0.1, -0.05) is 0 Å². The van der Waals surface area contributed by atoms with Crippen LogP contribution in [-0.4, -0.2) is 43.1 Å². The van der Waals surface area contributed by atoms with Crippen LogP contribution in [0.5, 0.6) is 5.75 Å². The maximum atomic E-state index is 13.0. The Morgan fingerprint density at radius 3 is 2.65 bits per heavy atom. The molecule has 1 aliphatic heterocycles. The normalized spacial score (nSPS) is 16.5. The monoisotopic (exact) mass is 464 g/mol. The lowest BCUT2D eigenvalue weighted by molar-refractivity contribution is 0.0909. The number of benzene rings is 2. The standard InChI is InChI=1S/C27H29FN2O4/c28-19-7-5-18(6-8-19)26(31)29-20-11-14-30(15-12-20)13-2-16-33-21-9-10-23-22-3-1-4-24(22)27(32)34-25(23)17-21/h5-10,17,20H,1-4,11-16H2,(H,29,31). The number of hydrogen-bond acceptors (Lipinski definition) is 5. The minimum atomic E-state index is -0.343. The highest BCUT2D eigenvalue weighted by Gasteiger charge is 2.21. The van der Waals surface area contributed by atoms with Gasteiger partial charge in [-0.3, -0.25) is 4.79 Å². The molecule has 1 saturated heterocycles. The van der Waals surface area contributed by atoms with Crippen LogP contribution in [0.2, 0.25) is 0 Å². The first-order chi connectivity index (χ1) is 16.6. The number of aryl methyl sites for hydroxylation is 1. The van der Waals surface area contributed by atoms with E-state index in [4.69, 9.17) is 9.15 Å². The number of nitrogens with one attached hydrogen (secondary N) is 1. The van der Waals surface area contributed by atoms with Gasteiger partial charge in [0.1, 0.15) is 17.1 Å². The molecule has 0 saturated carbocycles. The molecule has 1 aliphatic carbocycles. The smallest absolute Gasteiger partial charge is 0.339 e. The summed E-state index contributed by atoms with van der Waals surface area (Å²) in [5, 5.41) is 4.08. The number of piperidine rings is 1. The molecule has 2 aromatic carbocycles. The third kappa shape index (κ3) is 4.99. The fraction of sp³-hybridized carbons (Fsp3) is 0.407. The number of likely N-dealkylation sites (tertiary alicyclic amines) is 1. The van der Waals surface area contributed by atoms with Crippen molar-refractivity contribution in [3.63, 3.8) is 0 Å². The van der Waals surface area contributed by atoms with Gasteiger partial charge in [0.2, 0.25) is 0 Å². The molecule has 0 spiro atoms. The summed E-state index contributed by atoms with van der Waals surface area (Å²) in [5.74, 6) is 0.225. The Morgan fingerprint density at radius 2 is 1.85 bits per heavy atom. The van der Waals surface area contributed by atoms with E-state index in [0.717, 1.165) is 80.4 Å². The van der Waals surface area contributed by atoms with Crippen LogP contribution in [0.15, 0.2) is 51.7 Å². The van der Waals surface area contributed by atoms with E-state index in [1.54, 1.807) is 0 Å². The lowest BCUT2D eigenvalue weighted by Gasteiger charge is -2.32. The molecule has 34 heavy (non-hydrogen) atoms. The largest absolute Gasteiger partial charge is 0.493 e. The van der Waals surface area contributed by atoms with Crippen molar-refractivity contribution in [2.24, 2.45) is 0 Å². The first-order valence-corrected chi connectivity index (χ1v) is 12.1. The number of carbonyl (C=O) groups is 1. The van der Waals surface area contributed by atoms with Crippen LogP contribution in [0, 0.1) is 5.82 Å². The van der Waals surface area contributed by atoms with Gasteiger partial charge in [0.25, 0.3) is 5.91 Å². The highest BCUT2D eigenvalue weighted by atomic mass is 19.1. The van der Waals surface area contributed by atoms with Crippen molar-refractivity contribution >= 4 is 16.9 Å². The number of halogens is 1. The van der Waals surface area contributed by atoms with Crippen molar-refractivity contribution in [3.05, 3.63) is 75.4 Å². The number of rotatable bonds is 7. The molecule has 1 aromatic heterocycles. The van der Waals surface area contributed by atoms with Crippen molar-refractivity contribution in [2.45, 2.75) is 44.6 Å². The second-order valence-electron chi connectivity index (χ2n) is 9.16. The van der Waals surface area contributed by atoms with Crippen molar-refractivity contribution in [1.82, 2.24) is 10.2 Å². The zero-order chi connectivity index (χ0) is 23.5. The van der Waals surface area contributed by atoms with E-state index in [1.165, 1.54) is 24.3 Å². The molecule has 0 atom stereocenters. The molecule has 0 radical (unpaired) electrons. The molecule has 1 fully saturated rings. The fourth-order valence-electron chi connectivity index (χ4n) is 5.00. The molecule has 0 bridgehead atoms.